The lowest BCUT2D eigenvalue weighted by atomic mass is 10.00. The molecule has 20 heavy (non-hydrogen) atoms. The van der Waals surface area contributed by atoms with Crippen LogP contribution in [0.4, 0.5) is 0 Å². The monoisotopic (exact) mass is 287 g/mol. The molecule has 0 spiro atoms. The zero-order valence-electron chi connectivity index (χ0n) is 12.6. The van der Waals surface area contributed by atoms with Gasteiger partial charge >= 0.3 is 0 Å². The summed E-state index contributed by atoms with van der Waals surface area (Å²) in [5.74, 6) is 0. The third-order valence-electron chi connectivity index (χ3n) is 3.74. The van der Waals surface area contributed by atoms with E-state index in [0.29, 0.717) is 6.04 Å². The van der Waals surface area contributed by atoms with Crippen LogP contribution in [0.1, 0.15) is 40.8 Å². The van der Waals surface area contributed by atoms with Crippen molar-refractivity contribution in [3.05, 3.63) is 69.2 Å². The molecule has 0 heterocycles. The summed E-state index contributed by atoms with van der Waals surface area (Å²) >= 11 is 6.16. The third-order valence-corrected chi connectivity index (χ3v) is 4.15. The van der Waals surface area contributed by atoms with Gasteiger partial charge in [-0.15, -0.1) is 0 Å². The number of benzene rings is 2. The van der Waals surface area contributed by atoms with Crippen molar-refractivity contribution < 1.29 is 0 Å². The van der Waals surface area contributed by atoms with Gasteiger partial charge in [-0.1, -0.05) is 47.5 Å². The lowest BCUT2D eigenvalue weighted by Gasteiger charge is -2.17. The van der Waals surface area contributed by atoms with Gasteiger partial charge in [0.15, 0.2) is 0 Å². The smallest absolute Gasteiger partial charge is 0.0438 e. The van der Waals surface area contributed by atoms with E-state index in [2.05, 4.69) is 56.4 Å². The molecule has 0 bridgehead atoms. The van der Waals surface area contributed by atoms with Crippen LogP contribution in [0.3, 0.4) is 0 Å². The fraction of sp³-hybridized carbons (Fsp3) is 0.333. The summed E-state index contributed by atoms with van der Waals surface area (Å²) in [6.07, 6.45) is 0. The Morgan fingerprint density at radius 2 is 1.75 bits per heavy atom. The summed E-state index contributed by atoms with van der Waals surface area (Å²) < 4.78 is 0. The highest BCUT2D eigenvalue weighted by atomic mass is 35.5. The highest BCUT2D eigenvalue weighted by molar-refractivity contribution is 6.31. The third kappa shape index (κ3) is 3.62. The minimum absolute atomic E-state index is 0.329. The molecule has 0 amide bonds. The van der Waals surface area contributed by atoms with Crippen molar-refractivity contribution in [2.75, 3.05) is 0 Å². The molecule has 0 aliphatic heterocycles. The van der Waals surface area contributed by atoms with Crippen molar-refractivity contribution in [3.8, 4) is 0 Å². The molecule has 1 N–H and O–H groups in total. The van der Waals surface area contributed by atoms with Crippen LogP contribution in [0, 0.1) is 20.8 Å². The van der Waals surface area contributed by atoms with Crippen molar-refractivity contribution >= 4 is 11.6 Å². The van der Waals surface area contributed by atoms with Gasteiger partial charge in [-0.2, -0.15) is 0 Å². The van der Waals surface area contributed by atoms with Gasteiger partial charge in [0.2, 0.25) is 0 Å². The van der Waals surface area contributed by atoms with Gasteiger partial charge in [0.25, 0.3) is 0 Å². The molecule has 0 saturated heterocycles. The first kappa shape index (κ1) is 15.1. The lowest BCUT2D eigenvalue weighted by Crippen LogP contribution is -2.19. The van der Waals surface area contributed by atoms with E-state index in [1.54, 1.807) is 0 Å². The van der Waals surface area contributed by atoms with Crippen LogP contribution in [0.5, 0.6) is 0 Å². The average molecular weight is 288 g/mol. The van der Waals surface area contributed by atoms with Gasteiger partial charge in [0.1, 0.15) is 0 Å². The Hall–Kier alpha value is -1.31. The maximum Gasteiger partial charge on any atom is 0.0438 e. The van der Waals surface area contributed by atoms with Crippen molar-refractivity contribution in [1.82, 2.24) is 5.32 Å². The van der Waals surface area contributed by atoms with E-state index in [1.807, 2.05) is 13.0 Å². The first-order valence-corrected chi connectivity index (χ1v) is 7.40. The largest absolute Gasteiger partial charge is 0.306 e. The Bertz CT molecular complexity index is 604. The average Bonchev–Trinajstić information content (AvgIpc) is 2.40. The van der Waals surface area contributed by atoms with Gasteiger partial charge in [-0.25, -0.2) is 0 Å². The predicted molar refractivity (Wildman–Crippen MR) is 87.4 cm³/mol. The SMILES string of the molecule is Cc1ccc(C(C)NCc2ccc(C)c(Cl)c2)c(C)c1. The highest BCUT2D eigenvalue weighted by Crippen LogP contribution is 2.20. The van der Waals surface area contributed by atoms with E-state index in [0.717, 1.165) is 17.1 Å². The Morgan fingerprint density at radius 3 is 2.40 bits per heavy atom. The molecule has 1 unspecified atom stereocenters. The van der Waals surface area contributed by atoms with Gasteiger partial charge in [-0.3, -0.25) is 0 Å². The second-order valence-corrected chi connectivity index (χ2v) is 5.95. The normalized spacial score (nSPS) is 12.4. The molecule has 0 aliphatic rings. The fourth-order valence-electron chi connectivity index (χ4n) is 2.44. The zero-order chi connectivity index (χ0) is 14.7. The summed E-state index contributed by atoms with van der Waals surface area (Å²) in [6, 6.07) is 13.2. The molecule has 1 atom stereocenters. The standard InChI is InChI=1S/C18H22ClN/c1-12-5-8-17(14(3)9-12)15(4)20-11-16-7-6-13(2)18(19)10-16/h5-10,15,20H,11H2,1-4H3. The van der Waals surface area contributed by atoms with Crippen LogP contribution in [0.25, 0.3) is 0 Å². The Morgan fingerprint density at radius 1 is 1.00 bits per heavy atom. The minimum atomic E-state index is 0.329. The second-order valence-electron chi connectivity index (χ2n) is 5.55. The Labute approximate surface area is 127 Å². The summed E-state index contributed by atoms with van der Waals surface area (Å²) in [4.78, 5) is 0. The van der Waals surface area contributed by atoms with Gasteiger partial charge in [0.05, 0.1) is 0 Å². The summed E-state index contributed by atoms with van der Waals surface area (Å²) in [6.45, 7) is 9.35. The van der Waals surface area contributed by atoms with Crippen LogP contribution < -0.4 is 5.32 Å². The molecule has 0 fully saturated rings. The number of halogens is 1. The zero-order valence-corrected chi connectivity index (χ0v) is 13.4. The predicted octanol–water partition coefficient (Wildman–Crippen LogP) is 5.12. The molecule has 2 heteroatoms. The van der Waals surface area contributed by atoms with Crippen molar-refractivity contribution in [1.29, 1.82) is 0 Å². The van der Waals surface area contributed by atoms with Crippen LogP contribution in [0.2, 0.25) is 5.02 Å². The molecule has 0 aliphatic carbocycles. The molecule has 0 aromatic heterocycles. The number of aryl methyl sites for hydroxylation is 3. The number of hydrogen-bond donors (Lipinski definition) is 1. The minimum Gasteiger partial charge on any atom is -0.306 e. The van der Waals surface area contributed by atoms with Crippen molar-refractivity contribution in [2.24, 2.45) is 0 Å². The van der Waals surface area contributed by atoms with Gasteiger partial charge in [0, 0.05) is 17.6 Å². The first-order valence-electron chi connectivity index (χ1n) is 7.03. The maximum atomic E-state index is 6.16. The van der Waals surface area contributed by atoms with E-state index >= 15 is 0 Å². The Kier molecular flexibility index (Phi) is 4.85. The Balaban J connectivity index is 2.04. The van der Waals surface area contributed by atoms with E-state index in [4.69, 9.17) is 11.6 Å². The molecular weight excluding hydrogens is 266 g/mol. The summed E-state index contributed by atoms with van der Waals surface area (Å²) in [7, 11) is 0. The number of rotatable bonds is 4. The molecule has 0 saturated carbocycles. The molecule has 0 radical (unpaired) electrons. The first-order chi connectivity index (χ1) is 9.47. The second kappa shape index (κ2) is 6.43. The summed E-state index contributed by atoms with van der Waals surface area (Å²) in [5, 5.41) is 4.40. The number of nitrogens with one attached hydrogen (secondary N) is 1. The fourth-order valence-corrected chi connectivity index (χ4v) is 2.64. The molecule has 106 valence electrons. The van der Waals surface area contributed by atoms with Gasteiger partial charge in [-0.05, 0) is 56.0 Å². The molecule has 2 rings (SSSR count). The molecule has 2 aromatic carbocycles. The quantitative estimate of drug-likeness (QED) is 0.823. The highest BCUT2D eigenvalue weighted by Gasteiger charge is 2.08. The van der Waals surface area contributed by atoms with E-state index in [-0.39, 0.29) is 0 Å². The molecule has 2 aromatic rings. The van der Waals surface area contributed by atoms with Gasteiger partial charge < -0.3 is 5.32 Å². The van der Waals surface area contributed by atoms with Crippen LogP contribution >= 0.6 is 11.6 Å². The topological polar surface area (TPSA) is 12.0 Å². The molecular formula is C18H22ClN. The van der Waals surface area contributed by atoms with Crippen molar-refractivity contribution in [2.45, 2.75) is 40.3 Å². The van der Waals surface area contributed by atoms with Crippen LogP contribution in [0.15, 0.2) is 36.4 Å². The van der Waals surface area contributed by atoms with Crippen molar-refractivity contribution in [3.63, 3.8) is 0 Å². The van der Waals surface area contributed by atoms with Crippen LogP contribution in [-0.2, 0) is 6.54 Å². The summed E-state index contributed by atoms with van der Waals surface area (Å²) in [5.41, 5.74) is 6.35. The van der Waals surface area contributed by atoms with E-state index in [9.17, 15) is 0 Å². The van der Waals surface area contributed by atoms with Crippen LogP contribution in [-0.4, -0.2) is 0 Å². The van der Waals surface area contributed by atoms with E-state index < -0.39 is 0 Å². The maximum absolute atomic E-state index is 6.16. The van der Waals surface area contributed by atoms with E-state index in [1.165, 1.54) is 22.3 Å². The molecule has 1 nitrogen and oxygen atoms in total. The number of hydrogen-bond acceptors (Lipinski definition) is 1. The lowest BCUT2D eigenvalue weighted by molar-refractivity contribution is 0.572.